The minimum absolute atomic E-state index is 0.0328. The second-order valence-electron chi connectivity index (χ2n) is 3.82. The number of carbonyl (C=O) groups is 2. The van der Waals surface area contributed by atoms with Crippen LogP contribution in [0.25, 0.3) is 0 Å². The van der Waals surface area contributed by atoms with Crippen molar-refractivity contribution in [3.8, 4) is 5.75 Å². The molecule has 0 aliphatic heterocycles. The zero-order valence-electron chi connectivity index (χ0n) is 10.8. The molecule has 0 aliphatic carbocycles. The van der Waals surface area contributed by atoms with Gasteiger partial charge in [-0.1, -0.05) is 6.92 Å². The molecule has 0 saturated heterocycles. The monoisotopic (exact) mass is 332 g/mol. The fraction of sp³-hybridized carbons (Fsp3) is 0.385. The van der Waals surface area contributed by atoms with Crippen LogP contribution < -0.4 is 4.74 Å². The molecule has 0 unspecified atom stereocenters. The summed E-state index contributed by atoms with van der Waals surface area (Å²) in [6, 6.07) is 2.42. The van der Waals surface area contributed by atoms with E-state index in [0.717, 1.165) is 6.07 Å². The first-order valence-corrected chi connectivity index (χ1v) is 6.46. The molecule has 0 bridgehead atoms. The number of ether oxygens (including phenoxy) is 2. The minimum Gasteiger partial charge on any atom is -0.478 e. The molecule has 19 heavy (non-hydrogen) atoms. The number of methoxy groups -OCH3 is 1. The zero-order valence-corrected chi connectivity index (χ0v) is 12.4. The summed E-state index contributed by atoms with van der Waals surface area (Å²) >= 11 is 3.01. The number of hydrogen-bond donors (Lipinski definition) is 0. The van der Waals surface area contributed by atoms with Gasteiger partial charge in [0.1, 0.15) is 11.6 Å². The minimum atomic E-state index is -0.922. The molecule has 0 aliphatic rings. The predicted octanol–water partition coefficient (Wildman–Crippen LogP) is 3.12. The van der Waals surface area contributed by atoms with Crippen molar-refractivity contribution < 1.29 is 23.5 Å². The van der Waals surface area contributed by atoms with E-state index in [2.05, 4.69) is 20.7 Å². The van der Waals surface area contributed by atoms with Crippen LogP contribution in [0, 0.1) is 5.82 Å². The number of hydrogen-bond acceptors (Lipinski definition) is 4. The molecule has 4 nitrogen and oxygen atoms in total. The molecule has 104 valence electrons. The molecule has 1 rings (SSSR count). The summed E-state index contributed by atoms with van der Waals surface area (Å²) in [5, 5.41) is 0. The Balaban J connectivity index is 3.14. The maximum Gasteiger partial charge on any atom is 0.346 e. The van der Waals surface area contributed by atoms with E-state index >= 15 is 0 Å². The van der Waals surface area contributed by atoms with Crippen molar-refractivity contribution in [1.82, 2.24) is 0 Å². The molecular weight excluding hydrogens is 319 g/mol. The average molecular weight is 333 g/mol. The smallest absolute Gasteiger partial charge is 0.346 e. The molecule has 6 heteroatoms. The third-order valence-electron chi connectivity index (χ3n) is 2.48. The van der Waals surface area contributed by atoms with Gasteiger partial charge in [-0.25, -0.2) is 9.18 Å². The Morgan fingerprint density at radius 1 is 1.42 bits per heavy atom. The molecular formula is C13H14BrFO4. The summed E-state index contributed by atoms with van der Waals surface area (Å²) in [5.41, 5.74) is 0.228. The maximum atomic E-state index is 13.5. The van der Waals surface area contributed by atoms with Crippen molar-refractivity contribution in [2.75, 3.05) is 7.11 Å². The van der Waals surface area contributed by atoms with Gasteiger partial charge in [0.25, 0.3) is 0 Å². The number of benzene rings is 1. The molecule has 1 aromatic carbocycles. The topological polar surface area (TPSA) is 52.6 Å². The SMILES string of the molecule is CCC(=O)c1cc(Br)c(F)cc1O[C@@H](C)C(=O)OC. The highest BCUT2D eigenvalue weighted by Crippen LogP contribution is 2.28. The summed E-state index contributed by atoms with van der Waals surface area (Å²) in [7, 11) is 1.22. The zero-order chi connectivity index (χ0) is 14.6. The fourth-order valence-corrected chi connectivity index (χ4v) is 1.78. The molecule has 0 spiro atoms. The average Bonchev–Trinajstić information content (AvgIpc) is 2.40. The van der Waals surface area contributed by atoms with Gasteiger partial charge in [-0.2, -0.15) is 0 Å². The lowest BCUT2D eigenvalue weighted by atomic mass is 10.1. The molecule has 1 aromatic rings. The van der Waals surface area contributed by atoms with Crippen LogP contribution in [0.1, 0.15) is 30.6 Å². The summed E-state index contributed by atoms with van der Waals surface area (Å²) in [6.07, 6.45) is -0.671. The largest absolute Gasteiger partial charge is 0.478 e. The molecule has 0 radical (unpaired) electrons. The van der Waals surface area contributed by atoms with Crippen LogP contribution in [0.2, 0.25) is 0 Å². The molecule has 0 aromatic heterocycles. The third-order valence-corrected chi connectivity index (χ3v) is 3.09. The lowest BCUT2D eigenvalue weighted by molar-refractivity contribution is -0.147. The second-order valence-corrected chi connectivity index (χ2v) is 4.68. The van der Waals surface area contributed by atoms with Gasteiger partial charge in [0.2, 0.25) is 0 Å². The maximum absolute atomic E-state index is 13.5. The summed E-state index contributed by atoms with van der Waals surface area (Å²) in [4.78, 5) is 23.1. The molecule has 0 amide bonds. The first-order valence-electron chi connectivity index (χ1n) is 5.67. The van der Waals surface area contributed by atoms with Gasteiger partial charge < -0.3 is 9.47 Å². The number of Topliss-reactive ketones (excluding diaryl/α,β-unsaturated/α-hetero) is 1. The van der Waals surface area contributed by atoms with Crippen molar-refractivity contribution in [3.63, 3.8) is 0 Å². The highest BCUT2D eigenvalue weighted by atomic mass is 79.9. The van der Waals surface area contributed by atoms with Gasteiger partial charge >= 0.3 is 5.97 Å². The van der Waals surface area contributed by atoms with Crippen molar-refractivity contribution >= 4 is 27.7 Å². The van der Waals surface area contributed by atoms with Crippen molar-refractivity contribution in [3.05, 3.63) is 28.0 Å². The van der Waals surface area contributed by atoms with Gasteiger partial charge in [-0.3, -0.25) is 4.79 Å². The Morgan fingerprint density at radius 2 is 2.05 bits per heavy atom. The number of rotatable bonds is 5. The number of carbonyl (C=O) groups excluding carboxylic acids is 2. The van der Waals surface area contributed by atoms with Crippen molar-refractivity contribution in [2.45, 2.75) is 26.4 Å². The predicted molar refractivity (Wildman–Crippen MR) is 70.8 cm³/mol. The molecule has 0 saturated carbocycles. The lowest BCUT2D eigenvalue weighted by Gasteiger charge is -2.15. The van der Waals surface area contributed by atoms with Crippen LogP contribution in [0.3, 0.4) is 0 Å². The van der Waals surface area contributed by atoms with Crippen LogP contribution >= 0.6 is 15.9 Å². The van der Waals surface area contributed by atoms with Crippen LogP contribution in [0.4, 0.5) is 4.39 Å². The van der Waals surface area contributed by atoms with E-state index in [0.29, 0.717) is 0 Å². The summed E-state index contributed by atoms with van der Waals surface area (Å²) in [6.45, 7) is 3.15. The lowest BCUT2D eigenvalue weighted by Crippen LogP contribution is -2.25. The Hall–Kier alpha value is -1.43. The van der Waals surface area contributed by atoms with Crippen molar-refractivity contribution in [1.29, 1.82) is 0 Å². The molecule has 0 N–H and O–H groups in total. The van der Waals surface area contributed by atoms with Crippen LogP contribution in [-0.2, 0) is 9.53 Å². The number of ketones is 1. The van der Waals surface area contributed by atoms with Crippen LogP contribution in [0.15, 0.2) is 16.6 Å². The van der Waals surface area contributed by atoms with E-state index in [-0.39, 0.29) is 28.0 Å². The van der Waals surface area contributed by atoms with Crippen molar-refractivity contribution in [2.24, 2.45) is 0 Å². The first-order chi connectivity index (χ1) is 8.90. The Morgan fingerprint density at radius 3 is 2.58 bits per heavy atom. The highest BCUT2D eigenvalue weighted by Gasteiger charge is 2.20. The standard InChI is InChI=1S/C13H14BrFO4/c1-4-11(16)8-5-9(14)10(15)6-12(8)19-7(2)13(17)18-3/h5-7H,4H2,1-3H3/t7-/m0/s1. The van der Waals surface area contributed by atoms with Gasteiger partial charge in [0.05, 0.1) is 17.1 Å². The summed E-state index contributed by atoms with van der Waals surface area (Å²) < 4.78 is 23.5. The van der Waals surface area contributed by atoms with Crippen LogP contribution in [-0.4, -0.2) is 25.0 Å². The normalized spacial score (nSPS) is 11.8. The second kappa shape index (κ2) is 6.65. The molecule has 0 heterocycles. The van der Waals surface area contributed by atoms with E-state index in [9.17, 15) is 14.0 Å². The number of esters is 1. The fourth-order valence-electron chi connectivity index (χ4n) is 1.44. The Labute approximate surface area is 119 Å². The first kappa shape index (κ1) is 15.6. The van der Waals surface area contributed by atoms with E-state index in [1.54, 1.807) is 6.92 Å². The van der Waals surface area contributed by atoms with E-state index in [1.165, 1.54) is 20.1 Å². The third kappa shape index (κ3) is 3.76. The number of halogens is 2. The van der Waals surface area contributed by atoms with E-state index in [4.69, 9.17) is 4.74 Å². The highest BCUT2D eigenvalue weighted by molar-refractivity contribution is 9.10. The van der Waals surface area contributed by atoms with E-state index in [1.807, 2.05) is 0 Å². The Kier molecular flexibility index (Phi) is 5.47. The van der Waals surface area contributed by atoms with Gasteiger partial charge in [0.15, 0.2) is 11.9 Å². The Bertz CT molecular complexity index is 502. The quantitative estimate of drug-likeness (QED) is 0.614. The van der Waals surface area contributed by atoms with Crippen LogP contribution in [0.5, 0.6) is 5.75 Å². The molecule has 0 fully saturated rings. The molecule has 1 atom stereocenters. The summed E-state index contributed by atoms with van der Waals surface area (Å²) in [5.74, 6) is -1.34. The van der Waals surface area contributed by atoms with Gasteiger partial charge in [-0.05, 0) is 28.9 Å². The van der Waals surface area contributed by atoms with Gasteiger partial charge in [-0.15, -0.1) is 0 Å². The van der Waals surface area contributed by atoms with E-state index < -0.39 is 17.9 Å². The van der Waals surface area contributed by atoms with Gasteiger partial charge in [0, 0.05) is 12.5 Å².